The number of imide groups is 1. The summed E-state index contributed by atoms with van der Waals surface area (Å²) in [5.41, 5.74) is -0.768. The molecule has 4 amide bonds. The molecule has 32 heavy (non-hydrogen) atoms. The molecule has 11 heteroatoms. The first kappa shape index (κ1) is 24.5. The van der Waals surface area contributed by atoms with Crippen LogP contribution in [0.2, 0.25) is 5.02 Å². The van der Waals surface area contributed by atoms with E-state index in [1.807, 2.05) is 0 Å². The lowest BCUT2D eigenvalue weighted by atomic mass is 9.81. The van der Waals surface area contributed by atoms with Crippen molar-refractivity contribution in [1.29, 1.82) is 0 Å². The van der Waals surface area contributed by atoms with Gasteiger partial charge in [0.25, 0.3) is 5.91 Å². The molecule has 2 aliphatic rings. The molecule has 0 radical (unpaired) electrons. The van der Waals surface area contributed by atoms with Gasteiger partial charge < -0.3 is 10.2 Å². The number of likely N-dealkylation sites (N-methyl/N-ethyl adjacent to an activating group) is 1. The number of benzene rings is 1. The standard InChI is InChI=1S/C21H29ClN4O5S/c1-4-25(5-2)32(30,31)15-9-10-16(22)17(13-15)23-18(27)14-26-19(28)21(24(3)20(26)29)11-7-6-8-12-21/h9-10,13H,4-8,11-12,14H2,1-3H3,(H,23,27). The highest BCUT2D eigenvalue weighted by Crippen LogP contribution is 2.39. The first-order valence-corrected chi connectivity index (χ1v) is 12.6. The Balaban J connectivity index is 1.78. The number of nitrogens with one attached hydrogen (secondary N) is 1. The Bertz CT molecular complexity index is 1020. The molecule has 1 aliphatic carbocycles. The van der Waals surface area contributed by atoms with Crippen molar-refractivity contribution in [1.82, 2.24) is 14.1 Å². The lowest BCUT2D eigenvalue weighted by Crippen LogP contribution is -2.49. The minimum Gasteiger partial charge on any atom is -0.323 e. The van der Waals surface area contributed by atoms with E-state index in [0.29, 0.717) is 25.9 Å². The van der Waals surface area contributed by atoms with Gasteiger partial charge in [-0.15, -0.1) is 0 Å². The summed E-state index contributed by atoms with van der Waals surface area (Å²) in [6.07, 6.45) is 3.90. The number of sulfonamides is 1. The van der Waals surface area contributed by atoms with Gasteiger partial charge in [0, 0.05) is 20.1 Å². The zero-order valence-corrected chi connectivity index (χ0v) is 20.1. The van der Waals surface area contributed by atoms with Gasteiger partial charge >= 0.3 is 6.03 Å². The van der Waals surface area contributed by atoms with Gasteiger partial charge in [-0.3, -0.25) is 14.5 Å². The predicted octanol–water partition coefficient (Wildman–Crippen LogP) is 2.91. The first-order chi connectivity index (χ1) is 15.1. The van der Waals surface area contributed by atoms with Crippen molar-refractivity contribution in [2.75, 3.05) is 32.0 Å². The predicted molar refractivity (Wildman–Crippen MR) is 121 cm³/mol. The molecule has 176 valence electrons. The second-order valence-electron chi connectivity index (χ2n) is 8.10. The molecule has 1 heterocycles. The lowest BCUT2D eigenvalue weighted by Gasteiger charge is -2.35. The average Bonchev–Trinajstić information content (AvgIpc) is 2.92. The van der Waals surface area contributed by atoms with E-state index < -0.39 is 34.0 Å². The molecule has 3 rings (SSSR count). The van der Waals surface area contributed by atoms with Crippen LogP contribution >= 0.6 is 11.6 Å². The van der Waals surface area contributed by atoms with E-state index >= 15 is 0 Å². The molecule has 1 aliphatic heterocycles. The van der Waals surface area contributed by atoms with Crippen molar-refractivity contribution < 1.29 is 22.8 Å². The second kappa shape index (κ2) is 9.36. The fraction of sp³-hybridized carbons (Fsp3) is 0.571. The number of carbonyl (C=O) groups is 3. The highest BCUT2D eigenvalue weighted by Gasteiger charge is 2.55. The Kier molecular flexibility index (Phi) is 7.16. The van der Waals surface area contributed by atoms with E-state index in [0.717, 1.165) is 24.2 Å². The van der Waals surface area contributed by atoms with Crippen molar-refractivity contribution in [3.8, 4) is 0 Å². The normalized spacial score (nSPS) is 18.7. The number of carbonyl (C=O) groups excluding carboxylic acids is 3. The summed E-state index contributed by atoms with van der Waals surface area (Å²) in [7, 11) is -2.15. The summed E-state index contributed by atoms with van der Waals surface area (Å²) in [6.45, 7) is 3.61. The maximum atomic E-state index is 13.1. The molecule has 1 aromatic carbocycles. The zero-order chi connectivity index (χ0) is 23.7. The van der Waals surface area contributed by atoms with Crippen LogP contribution < -0.4 is 5.32 Å². The van der Waals surface area contributed by atoms with Crippen LogP contribution in [0, 0.1) is 0 Å². The molecule has 0 aromatic heterocycles. The summed E-state index contributed by atoms with van der Waals surface area (Å²) < 4.78 is 26.9. The third-order valence-electron chi connectivity index (χ3n) is 6.34. The summed E-state index contributed by atoms with van der Waals surface area (Å²) in [6, 6.07) is 3.55. The number of amides is 4. The van der Waals surface area contributed by atoms with Crippen molar-refractivity contribution >= 4 is 45.2 Å². The third-order valence-corrected chi connectivity index (χ3v) is 8.72. The zero-order valence-electron chi connectivity index (χ0n) is 18.6. The van der Waals surface area contributed by atoms with Crippen LogP contribution in [0.3, 0.4) is 0 Å². The molecule has 0 bridgehead atoms. The topological polar surface area (TPSA) is 107 Å². The van der Waals surface area contributed by atoms with Crippen LogP contribution in [0.25, 0.3) is 0 Å². The highest BCUT2D eigenvalue weighted by molar-refractivity contribution is 7.89. The molecule has 1 aromatic rings. The Labute approximate surface area is 193 Å². The molecular weight excluding hydrogens is 456 g/mol. The number of hydrogen-bond acceptors (Lipinski definition) is 5. The highest BCUT2D eigenvalue weighted by atomic mass is 35.5. The van der Waals surface area contributed by atoms with E-state index in [4.69, 9.17) is 11.6 Å². The summed E-state index contributed by atoms with van der Waals surface area (Å²) in [5.74, 6) is -0.990. The van der Waals surface area contributed by atoms with E-state index in [2.05, 4.69) is 5.32 Å². The van der Waals surface area contributed by atoms with Gasteiger partial charge in [0.2, 0.25) is 15.9 Å². The Morgan fingerprint density at radius 3 is 2.38 bits per heavy atom. The minimum absolute atomic E-state index is 0.00452. The van der Waals surface area contributed by atoms with E-state index in [1.54, 1.807) is 20.9 Å². The van der Waals surface area contributed by atoms with E-state index in [-0.39, 0.29) is 21.5 Å². The number of urea groups is 1. The van der Waals surface area contributed by atoms with Crippen LogP contribution in [0.4, 0.5) is 10.5 Å². The summed E-state index contributed by atoms with van der Waals surface area (Å²) >= 11 is 6.17. The van der Waals surface area contributed by atoms with Gasteiger partial charge in [-0.05, 0) is 31.0 Å². The minimum atomic E-state index is -3.74. The number of halogens is 1. The van der Waals surface area contributed by atoms with Gasteiger partial charge in [-0.2, -0.15) is 4.31 Å². The van der Waals surface area contributed by atoms with Gasteiger partial charge in [-0.1, -0.05) is 44.7 Å². The van der Waals surface area contributed by atoms with E-state index in [9.17, 15) is 22.8 Å². The van der Waals surface area contributed by atoms with Gasteiger partial charge in [0.05, 0.1) is 15.6 Å². The van der Waals surface area contributed by atoms with Gasteiger partial charge in [0.1, 0.15) is 12.1 Å². The van der Waals surface area contributed by atoms with Crippen molar-refractivity contribution in [3.63, 3.8) is 0 Å². The van der Waals surface area contributed by atoms with Gasteiger partial charge in [0.15, 0.2) is 0 Å². The molecule has 1 N–H and O–H groups in total. The fourth-order valence-electron chi connectivity index (χ4n) is 4.48. The quantitative estimate of drug-likeness (QED) is 0.599. The molecule has 0 atom stereocenters. The van der Waals surface area contributed by atoms with Crippen molar-refractivity contribution in [3.05, 3.63) is 23.2 Å². The van der Waals surface area contributed by atoms with Crippen LogP contribution in [0.1, 0.15) is 46.0 Å². The molecule has 1 saturated heterocycles. The SMILES string of the molecule is CCN(CC)S(=O)(=O)c1ccc(Cl)c(NC(=O)CN2C(=O)N(C)C3(CCCCC3)C2=O)c1. The number of rotatable bonds is 7. The van der Waals surface area contributed by atoms with Gasteiger partial charge in [-0.25, -0.2) is 13.2 Å². The lowest BCUT2D eigenvalue weighted by molar-refractivity contribution is -0.136. The van der Waals surface area contributed by atoms with Crippen molar-refractivity contribution in [2.45, 2.75) is 56.4 Å². The number of anilines is 1. The molecular formula is C21H29ClN4O5S. The van der Waals surface area contributed by atoms with Crippen molar-refractivity contribution in [2.24, 2.45) is 0 Å². The Morgan fingerprint density at radius 1 is 1.16 bits per heavy atom. The summed E-state index contributed by atoms with van der Waals surface area (Å²) in [4.78, 5) is 40.9. The Hall–Kier alpha value is -2.17. The van der Waals surface area contributed by atoms with Crippen LogP contribution in [-0.4, -0.2) is 72.6 Å². The maximum absolute atomic E-state index is 13.1. The Morgan fingerprint density at radius 2 is 1.78 bits per heavy atom. The third kappa shape index (κ3) is 4.23. The maximum Gasteiger partial charge on any atom is 0.327 e. The monoisotopic (exact) mass is 484 g/mol. The second-order valence-corrected chi connectivity index (χ2v) is 10.4. The molecule has 1 saturated carbocycles. The number of hydrogen-bond donors (Lipinski definition) is 1. The van der Waals surface area contributed by atoms with Crippen LogP contribution in [0.5, 0.6) is 0 Å². The molecule has 0 unspecified atom stereocenters. The molecule has 2 fully saturated rings. The molecule has 9 nitrogen and oxygen atoms in total. The fourth-order valence-corrected chi connectivity index (χ4v) is 6.13. The summed E-state index contributed by atoms with van der Waals surface area (Å²) in [5, 5.41) is 2.70. The number of nitrogens with zero attached hydrogens (tertiary/aromatic N) is 3. The first-order valence-electron chi connectivity index (χ1n) is 10.8. The largest absolute Gasteiger partial charge is 0.327 e. The van der Waals surface area contributed by atoms with Crippen LogP contribution in [0.15, 0.2) is 23.1 Å². The average molecular weight is 485 g/mol. The van der Waals surface area contributed by atoms with Crippen LogP contribution in [-0.2, 0) is 19.6 Å². The molecule has 1 spiro atoms. The smallest absolute Gasteiger partial charge is 0.323 e. The van der Waals surface area contributed by atoms with E-state index in [1.165, 1.54) is 27.4 Å².